The molecule has 552 valence electrons. The van der Waals surface area contributed by atoms with Gasteiger partial charge >= 0.3 is 39.5 Å². The maximum absolute atomic E-state index is 13.1. The van der Waals surface area contributed by atoms with Gasteiger partial charge in [0.15, 0.2) is 12.2 Å². The molecule has 0 saturated carbocycles. The van der Waals surface area contributed by atoms with Gasteiger partial charge in [0.2, 0.25) is 0 Å². The van der Waals surface area contributed by atoms with Crippen LogP contribution in [-0.4, -0.2) is 96.7 Å². The average Bonchev–Trinajstić information content (AvgIpc) is 2.40. The molecule has 4 unspecified atom stereocenters. The Morgan fingerprint density at radius 3 is 0.763 bits per heavy atom. The average molecular weight is 1370 g/mol. The predicted molar refractivity (Wildman–Crippen MR) is 377 cm³/mol. The molecule has 0 spiro atoms. The highest BCUT2D eigenvalue weighted by atomic mass is 31.2. The molecular weight excluding hydrogens is 1220 g/mol. The first-order valence-corrected chi connectivity index (χ1v) is 41.2. The number of phosphoric ester groups is 2. The van der Waals surface area contributed by atoms with E-state index in [1.54, 1.807) is 0 Å². The number of carbonyl (C=O) groups is 4. The Balaban J connectivity index is 5.24. The van der Waals surface area contributed by atoms with Gasteiger partial charge in [-0.1, -0.05) is 319 Å². The van der Waals surface area contributed by atoms with Crippen molar-refractivity contribution in [3.8, 4) is 0 Å². The molecule has 0 aliphatic heterocycles. The van der Waals surface area contributed by atoms with Gasteiger partial charge in [-0.3, -0.25) is 37.3 Å². The topological polar surface area (TPSA) is 237 Å². The van der Waals surface area contributed by atoms with Crippen molar-refractivity contribution < 1.29 is 80.2 Å². The van der Waals surface area contributed by atoms with Crippen LogP contribution >= 0.6 is 15.6 Å². The molecular formula is C74H144O17P2. The van der Waals surface area contributed by atoms with Crippen molar-refractivity contribution in [1.29, 1.82) is 0 Å². The molecule has 0 aromatic rings. The van der Waals surface area contributed by atoms with Gasteiger partial charge < -0.3 is 33.8 Å². The first-order valence-electron chi connectivity index (χ1n) is 38.2. The zero-order valence-electron chi connectivity index (χ0n) is 60.9. The largest absolute Gasteiger partial charge is 0.472 e. The first kappa shape index (κ1) is 91.1. The van der Waals surface area contributed by atoms with Crippen molar-refractivity contribution in [3.63, 3.8) is 0 Å². The Morgan fingerprint density at radius 2 is 0.516 bits per heavy atom. The molecule has 0 fully saturated rings. The van der Waals surface area contributed by atoms with Gasteiger partial charge in [0, 0.05) is 25.7 Å². The fraction of sp³-hybridized carbons (Fsp3) is 0.946. The van der Waals surface area contributed by atoms with Crippen LogP contribution in [-0.2, 0) is 65.4 Å². The molecule has 0 radical (unpaired) electrons. The van der Waals surface area contributed by atoms with Crippen molar-refractivity contribution in [2.24, 2.45) is 23.7 Å². The fourth-order valence-corrected chi connectivity index (χ4v) is 12.7. The van der Waals surface area contributed by atoms with E-state index >= 15 is 0 Å². The molecule has 0 aliphatic rings. The van der Waals surface area contributed by atoms with E-state index in [1.165, 1.54) is 173 Å². The number of hydrogen-bond acceptors (Lipinski definition) is 15. The van der Waals surface area contributed by atoms with Crippen molar-refractivity contribution >= 4 is 39.5 Å². The lowest BCUT2D eigenvalue weighted by Crippen LogP contribution is -2.30. The SMILES string of the molecule is CCC(C)CCCCCCCCCCCCC(=O)OC[C@H](COP(=O)(O)OCC(O)COP(=O)(O)OC[C@@H](COC(=O)CCCCCCCCCCC(C)C)OC(=O)CCCCCCCCCC(C)C)OC(=O)CCCCCCCCCCCCCCCCCC(C)C. The third-order valence-electron chi connectivity index (χ3n) is 17.4. The molecule has 0 aliphatic carbocycles. The van der Waals surface area contributed by atoms with Gasteiger partial charge in [0.05, 0.1) is 26.4 Å². The highest BCUT2D eigenvalue weighted by molar-refractivity contribution is 7.47. The van der Waals surface area contributed by atoms with Crippen LogP contribution in [0.3, 0.4) is 0 Å². The molecule has 0 saturated heterocycles. The van der Waals surface area contributed by atoms with Crippen LogP contribution < -0.4 is 0 Å². The fourth-order valence-electron chi connectivity index (χ4n) is 11.2. The molecule has 0 aromatic carbocycles. The summed E-state index contributed by atoms with van der Waals surface area (Å²) in [5, 5.41) is 10.6. The predicted octanol–water partition coefficient (Wildman–Crippen LogP) is 21.3. The van der Waals surface area contributed by atoms with Crippen LogP contribution in [0.4, 0.5) is 0 Å². The van der Waals surface area contributed by atoms with E-state index in [-0.39, 0.29) is 25.7 Å². The Labute approximate surface area is 568 Å². The minimum Gasteiger partial charge on any atom is -0.462 e. The normalized spacial score (nSPS) is 14.5. The van der Waals surface area contributed by atoms with Gasteiger partial charge in [0.25, 0.3) is 0 Å². The smallest absolute Gasteiger partial charge is 0.462 e. The number of carbonyl (C=O) groups excluding carboxylic acids is 4. The third-order valence-corrected chi connectivity index (χ3v) is 19.3. The van der Waals surface area contributed by atoms with Crippen LogP contribution in [0, 0.1) is 23.7 Å². The van der Waals surface area contributed by atoms with Gasteiger partial charge in [-0.15, -0.1) is 0 Å². The molecule has 19 heteroatoms. The second-order valence-electron chi connectivity index (χ2n) is 28.4. The van der Waals surface area contributed by atoms with Crippen LogP contribution in [0.1, 0.15) is 370 Å². The first-order chi connectivity index (χ1) is 44.6. The lowest BCUT2D eigenvalue weighted by atomic mass is 9.99. The van der Waals surface area contributed by atoms with E-state index < -0.39 is 97.5 Å². The van der Waals surface area contributed by atoms with Crippen molar-refractivity contribution in [3.05, 3.63) is 0 Å². The number of aliphatic hydroxyl groups excluding tert-OH is 1. The molecule has 17 nitrogen and oxygen atoms in total. The standard InChI is InChI=1S/C74H144O17P2/c1-9-67(8)53-45-37-29-20-17-18-21-30-38-46-54-71(76)84-60-69(90-73(78)56-48-40-32-22-16-14-12-10-11-13-15-19-26-34-42-50-64(2)3)62-88-92(80,81)86-58-68(75)59-87-93(82,83)89-63-70(91-74(79)57-49-41-33-25-28-36-44-52-66(6)7)61-85-72(77)55-47-39-31-24-23-27-35-43-51-65(4)5/h64-70,75H,9-63H2,1-8H3,(H,80,81)(H,82,83)/t67?,68?,69-,70-/m1/s1. The van der Waals surface area contributed by atoms with Crippen LogP contribution in [0.25, 0.3) is 0 Å². The molecule has 6 atom stereocenters. The number of rotatable bonds is 71. The van der Waals surface area contributed by atoms with Gasteiger partial charge in [-0.05, 0) is 49.4 Å². The van der Waals surface area contributed by atoms with Crippen LogP contribution in [0.2, 0.25) is 0 Å². The highest BCUT2D eigenvalue weighted by Crippen LogP contribution is 2.45. The van der Waals surface area contributed by atoms with E-state index in [1.807, 2.05) is 0 Å². The molecule has 0 bridgehead atoms. The highest BCUT2D eigenvalue weighted by Gasteiger charge is 2.30. The number of aliphatic hydroxyl groups is 1. The van der Waals surface area contributed by atoms with E-state index in [9.17, 15) is 43.2 Å². The molecule has 0 aromatic heterocycles. The molecule has 0 heterocycles. The summed E-state index contributed by atoms with van der Waals surface area (Å²) in [6, 6.07) is 0. The number of phosphoric acid groups is 2. The van der Waals surface area contributed by atoms with Crippen LogP contribution in [0.15, 0.2) is 0 Å². The van der Waals surface area contributed by atoms with Gasteiger partial charge in [-0.2, -0.15) is 0 Å². The lowest BCUT2D eigenvalue weighted by molar-refractivity contribution is -0.161. The van der Waals surface area contributed by atoms with Gasteiger partial charge in [-0.25, -0.2) is 9.13 Å². The summed E-state index contributed by atoms with van der Waals surface area (Å²) >= 11 is 0. The number of hydrogen-bond donors (Lipinski definition) is 3. The third kappa shape index (κ3) is 67.0. The Bertz CT molecular complexity index is 1840. The zero-order valence-corrected chi connectivity index (χ0v) is 62.7. The summed E-state index contributed by atoms with van der Waals surface area (Å²) in [4.78, 5) is 72.7. The van der Waals surface area contributed by atoms with Crippen molar-refractivity contribution in [2.45, 2.75) is 388 Å². The summed E-state index contributed by atoms with van der Waals surface area (Å²) < 4.78 is 68.4. The number of esters is 4. The zero-order chi connectivity index (χ0) is 68.9. The van der Waals surface area contributed by atoms with E-state index in [0.717, 1.165) is 108 Å². The lowest BCUT2D eigenvalue weighted by Gasteiger charge is -2.21. The second-order valence-corrected chi connectivity index (χ2v) is 31.3. The minimum absolute atomic E-state index is 0.103. The van der Waals surface area contributed by atoms with Gasteiger partial charge in [0.1, 0.15) is 19.3 Å². The van der Waals surface area contributed by atoms with Crippen LogP contribution in [0.5, 0.6) is 0 Å². The Hall–Kier alpha value is -1.94. The monoisotopic (exact) mass is 1370 g/mol. The molecule has 93 heavy (non-hydrogen) atoms. The Morgan fingerprint density at radius 1 is 0.301 bits per heavy atom. The summed E-state index contributed by atoms with van der Waals surface area (Å²) in [7, 11) is -9.91. The van der Waals surface area contributed by atoms with Crippen molar-refractivity contribution in [1.82, 2.24) is 0 Å². The number of unbranched alkanes of at least 4 members (excludes halogenated alkanes) is 36. The summed E-state index contributed by atoms with van der Waals surface area (Å²) in [6.07, 6.45) is 47.3. The Kier molecular flexibility index (Phi) is 62.2. The summed E-state index contributed by atoms with van der Waals surface area (Å²) in [6.45, 7) is 14.1. The summed E-state index contributed by atoms with van der Waals surface area (Å²) in [5.74, 6) is 0.908. The molecule has 3 N–H and O–H groups in total. The minimum atomic E-state index is -4.96. The summed E-state index contributed by atoms with van der Waals surface area (Å²) in [5.41, 5.74) is 0. The molecule has 0 amide bonds. The van der Waals surface area contributed by atoms with E-state index in [2.05, 4.69) is 55.4 Å². The maximum Gasteiger partial charge on any atom is 0.472 e. The van der Waals surface area contributed by atoms with Crippen molar-refractivity contribution in [2.75, 3.05) is 39.6 Å². The second kappa shape index (κ2) is 63.5. The van der Waals surface area contributed by atoms with E-state index in [0.29, 0.717) is 31.6 Å². The quantitative estimate of drug-likeness (QED) is 0.0222. The van der Waals surface area contributed by atoms with E-state index in [4.69, 9.17) is 37.0 Å². The number of ether oxygens (including phenoxy) is 4. The maximum atomic E-state index is 13.1. The molecule has 0 rings (SSSR count).